The van der Waals surface area contributed by atoms with Crippen LogP contribution in [0, 0.1) is 5.92 Å². The maximum atomic E-state index is 12.1. The summed E-state index contributed by atoms with van der Waals surface area (Å²) in [6.45, 7) is 0.870. The highest BCUT2D eigenvalue weighted by atomic mass is 35.5. The number of carbonyl (C=O) groups is 1. The number of carbonyl (C=O) groups excluding carboxylic acids is 1. The van der Waals surface area contributed by atoms with Crippen molar-refractivity contribution in [2.45, 2.75) is 50.6 Å². The van der Waals surface area contributed by atoms with Gasteiger partial charge in [0.2, 0.25) is 0 Å². The minimum atomic E-state index is -0.140. The van der Waals surface area contributed by atoms with Crippen LogP contribution in [0.1, 0.15) is 38.5 Å². The van der Waals surface area contributed by atoms with Crippen LogP contribution in [0.5, 0.6) is 0 Å². The van der Waals surface area contributed by atoms with Gasteiger partial charge in [-0.25, -0.2) is 4.79 Å². The molecule has 4 nitrogen and oxygen atoms in total. The molecule has 2 aliphatic rings. The molecule has 1 aliphatic carbocycles. The van der Waals surface area contributed by atoms with Crippen LogP contribution in [0.3, 0.4) is 0 Å². The first-order valence-corrected chi connectivity index (χ1v) is 8.65. The number of halogens is 1. The van der Waals surface area contributed by atoms with E-state index in [-0.39, 0.29) is 12.1 Å². The van der Waals surface area contributed by atoms with Crippen LogP contribution >= 0.6 is 11.6 Å². The zero-order chi connectivity index (χ0) is 15.4. The fraction of sp³-hybridized carbons (Fsp3) is 0.588. The van der Waals surface area contributed by atoms with Crippen LogP contribution in [0.15, 0.2) is 24.3 Å². The average molecular weight is 322 g/mol. The Labute approximate surface area is 137 Å². The molecule has 1 aliphatic heterocycles. The summed E-state index contributed by atoms with van der Waals surface area (Å²) in [5, 5.41) is 10.2. The van der Waals surface area contributed by atoms with Crippen LogP contribution in [0.25, 0.3) is 0 Å². The maximum Gasteiger partial charge on any atom is 0.319 e. The lowest BCUT2D eigenvalue weighted by molar-refractivity contribution is 0.248. The molecule has 2 fully saturated rings. The predicted molar refractivity (Wildman–Crippen MR) is 90.4 cm³/mol. The second-order valence-electron chi connectivity index (χ2n) is 6.45. The average Bonchev–Trinajstić information content (AvgIpc) is 2.99. The zero-order valence-corrected chi connectivity index (χ0v) is 13.5. The Morgan fingerprint density at radius 2 is 1.86 bits per heavy atom. The highest BCUT2D eigenvalue weighted by Crippen LogP contribution is 2.30. The molecule has 22 heavy (non-hydrogen) atoms. The van der Waals surface area contributed by atoms with Gasteiger partial charge in [-0.2, -0.15) is 0 Å². The van der Waals surface area contributed by atoms with Crippen molar-refractivity contribution in [1.82, 2.24) is 10.6 Å². The van der Waals surface area contributed by atoms with Gasteiger partial charge in [0.1, 0.15) is 0 Å². The third-order valence-electron chi connectivity index (χ3n) is 4.82. The van der Waals surface area contributed by atoms with Crippen molar-refractivity contribution in [3.05, 3.63) is 29.3 Å². The summed E-state index contributed by atoms with van der Waals surface area (Å²) in [5.74, 6) is 0.792. The molecule has 1 aromatic carbocycles. The zero-order valence-electron chi connectivity index (χ0n) is 12.8. The summed E-state index contributed by atoms with van der Waals surface area (Å²) in [4.78, 5) is 12.1. The molecule has 1 aromatic rings. The maximum absolute atomic E-state index is 12.1. The van der Waals surface area contributed by atoms with Gasteiger partial charge < -0.3 is 16.0 Å². The van der Waals surface area contributed by atoms with Gasteiger partial charge in [0.15, 0.2) is 0 Å². The first-order chi connectivity index (χ1) is 10.7. The van der Waals surface area contributed by atoms with E-state index < -0.39 is 0 Å². The van der Waals surface area contributed by atoms with Gasteiger partial charge in [0, 0.05) is 29.3 Å². The van der Waals surface area contributed by atoms with Gasteiger partial charge in [0.05, 0.1) is 0 Å². The Morgan fingerprint density at radius 1 is 1.14 bits per heavy atom. The number of hydrogen-bond acceptors (Lipinski definition) is 2. The molecule has 2 unspecified atom stereocenters. The third-order valence-corrected chi connectivity index (χ3v) is 5.07. The van der Waals surface area contributed by atoms with Gasteiger partial charge >= 0.3 is 6.03 Å². The summed E-state index contributed by atoms with van der Waals surface area (Å²) < 4.78 is 0. The van der Waals surface area contributed by atoms with E-state index in [1.165, 1.54) is 32.1 Å². The summed E-state index contributed by atoms with van der Waals surface area (Å²) in [6.07, 6.45) is 7.81. The topological polar surface area (TPSA) is 53.2 Å². The SMILES string of the molecule is O=C(Nc1ccc(Cl)cc1)NC1CNC(C2CCCCC2)C1. The molecule has 2 amide bonds. The second kappa shape index (κ2) is 7.34. The summed E-state index contributed by atoms with van der Waals surface area (Å²) in [5.41, 5.74) is 0.761. The predicted octanol–water partition coefficient (Wildman–Crippen LogP) is 3.77. The Kier molecular flexibility index (Phi) is 5.21. The minimum Gasteiger partial charge on any atom is -0.334 e. The number of nitrogens with one attached hydrogen (secondary N) is 3. The Hall–Kier alpha value is -1.26. The summed E-state index contributed by atoms with van der Waals surface area (Å²) in [6, 6.07) is 7.80. The largest absolute Gasteiger partial charge is 0.334 e. The van der Waals surface area contributed by atoms with Crippen molar-refractivity contribution < 1.29 is 4.79 Å². The van der Waals surface area contributed by atoms with Gasteiger partial charge in [0.25, 0.3) is 0 Å². The van der Waals surface area contributed by atoms with Crippen molar-refractivity contribution in [1.29, 1.82) is 0 Å². The molecule has 0 bridgehead atoms. The molecule has 5 heteroatoms. The Morgan fingerprint density at radius 3 is 2.59 bits per heavy atom. The van der Waals surface area contributed by atoms with E-state index in [2.05, 4.69) is 16.0 Å². The number of hydrogen-bond donors (Lipinski definition) is 3. The fourth-order valence-corrected chi connectivity index (χ4v) is 3.78. The highest BCUT2D eigenvalue weighted by molar-refractivity contribution is 6.30. The molecule has 0 radical (unpaired) electrons. The van der Waals surface area contributed by atoms with Crippen LogP contribution in [-0.2, 0) is 0 Å². The normalized spacial score (nSPS) is 25.9. The van der Waals surface area contributed by atoms with E-state index in [1.807, 2.05) is 0 Å². The van der Waals surface area contributed by atoms with Crippen LogP contribution in [0.2, 0.25) is 5.02 Å². The standard InChI is InChI=1S/C17H24ClN3O/c18-13-6-8-14(9-7-13)20-17(22)21-15-10-16(19-11-15)12-4-2-1-3-5-12/h6-9,12,15-16,19H,1-5,10-11H2,(H2,20,21,22). The van der Waals surface area contributed by atoms with E-state index >= 15 is 0 Å². The van der Waals surface area contributed by atoms with Gasteiger partial charge in [-0.1, -0.05) is 30.9 Å². The monoisotopic (exact) mass is 321 g/mol. The van der Waals surface area contributed by atoms with Crippen molar-refractivity contribution in [2.75, 3.05) is 11.9 Å². The van der Waals surface area contributed by atoms with Crippen molar-refractivity contribution in [3.63, 3.8) is 0 Å². The molecule has 0 aromatic heterocycles. The van der Waals surface area contributed by atoms with Crippen molar-refractivity contribution in [3.8, 4) is 0 Å². The van der Waals surface area contributed by atoms with Gasteiger partial charge in [-0.05, 0) is 49.4 Å². The van der Waals surface area contributed by atoms with Crippen molar-refractivity contribution >= 4 is 23.3 Å². The lowest BCUT2D eigenvalue weighted by atomic mass is 9.83. The van der Waals surface area contributed by atoms with E-state index in [9.17, 15) is 4.79 Å². The molecule has 3 N–H and O–H groups in total. The van der Waals surface area contributed by atoms with E-state index in [4.69, 9.17) is 11.6 Å². The van der Waals surface area contributed by atoms with E-state index in [1.54, 1.807) is 24.3 Å². The first-order valence-electron chi connectivity index (χ1n) is 8.27. The second-order valence-corrected chi connectivity index (χ2v) is 6.89. The van der Waals surface area contributed by atoms with E-state index in [0.29, 0.717) is 11.1 Å². The van der Waals surface area contributed by atoms with Gasteiger partial charge in [-0.3, -0.25) is 0 Å². The number of urea groups is 1. The molecular weight excluding hydrogens is 298 g/mol. The molecule has 1 heterocycles. The molecule has 0 spiro atoms. The lowest BCUT2D eigenvalue weighted by Gasteiger charge is -2.27. The molecule has 120 valence electrons. The highest BCUT2D eigenvalue weighted by Gasteiger charge is 2.31. The third kappa shape index (κ3) is 4.14. The minimum absolute atomic E-state index is 0.140. The Bertz CT molecular complexity index is 499. The molecule has 1 saturated heterocycles. The number of anilines is 1. The summed E-state index contributed by atoms with van der Waals surface area (Å²) >= 11 is 5.84. The number of rotatable bonds is 3. The molecule has 2 atom stereocenters. The number of amides is 2. The van der Waals surface area contributed by atoms with Crippen LogP contribution in [-0.4, -0.2) is 24.7 Å². The fourth-order valence-electron chi connectivity index (χ4n) is 3.66. The van der Waals surface area contributed by atoms with E-state index in [0.717, 1.165) is 24.6 Å². The molecular formula is C17H24ClN3O. The quantitative estimate of drug-likeness (QED) is 0.793. The number of benzene rings is 1. The smallest absolute Gasteiger partial charge is 0.319 e. The van der Waals surface area contributed by atoms with Crippen LogP contribution < -0.4 is 16.0 Å². The van der Waals surface area contributed by atoms with Gasteiger partial charge in [-0.15, -0.1) is 0 Å². The lowest BCUT2D eigenvalue weighted by Crippen LogP contribution is -2.39. The molecule has 1 saturated carbocycles. The van der Waals surface area contributed by atoms with Crippen LogP contribution in [0.4, 0.5) is 10.5 Å². The molecule has 3 rings (SSSR count). The first kappa shape index (κ1) is 15.6. The Balaban J connectivity index is 1.45. The van der Waals surface area contributed by atoms with Crippen molar-refractivity contribution in [2.24, 2.45) is 5.92 Å². The summed E-state index contributed by atoms with van der Waals surface area (Å²) in [7, 11) is 0.